The Kier molecular flexibility index (Phi) is 4.36. The van der Waals surface area contributed by atoms with E-state index in [1.807, 2.05) is 42.5 Å². The predicted octanol–water partition coefficient (Wildman–Crippen LogP) is 2.48. The Labute approximate surface area is 124 Å². The first kappa shape index (κ1) is 13.9. The van der Waals surface area contributed by atoms with Crippen LogP contribution in [0.2, 0.25) is 0 Å². The predicted molar refractivity (Wildman–Crippen MR) is 80.7 cm³/mol. The van der Waals surface area contributed by atoms with Gasteiger partial charge in [0.1, 0.15) is 11.8 Å². The molecule has 1 aromatic heterocycles. The first-order chi connectivity index (χ1) is 10.3. The SMILES string of the molecule is O=C(NC(c1ccccc1)c1ccco1)[C@H]1CCCNC1. The molecule has 1 unspecified atom stereocenters. The third kappa shape index (κ3) is 3.34. The molecule has 3 rings (SSSR count). The Morgan fingerprint density at radius 3 is 2.76 bits per heavy atom. The summed E-state index contributed by atoms with van der Waals surface area (Å²) < 4.78 is 5.51. The van der Waals surface area contributed by atoms with Gasteiger partial charge in [0.25, 0.3) is 0 Å². The van der Waals surface area contributed by atoms with Crippen LogP contribution in [0.1, 0.15) is 30.2 Å². The van der Waals surface area contributed by atoms with E-state index in [2.05, 4.69) is 10.6 Å². The molecule has 1 amide bonds. The maximum absolute atomic E-state index is 12.5. The van der Waals surface area contributed by atoms with Crippen molar-refractivity contribution >= 4 is 5.91 Å². The molecule has 2 aromatic rings. The highest BCUT2D eigenvalue weighted by Gasteiger charge is 2.25. The van der Waals surface area contributed by atoms with E-state index in [1.54, 1.807) is 6.26 Å². The van der Waals surface area contributed by atoms with Crippen LogP contribution in [0.4, 0.5) is 0 Å². The van der Waals surface area contributed by atoms with Crippen molar-refractivity contribution in [2.24, 2.45) is 5.92 Å². The number of nitrogens with one attached hydrogen (secondary N) is 2. The van der Waals surface area contributed by atoms with Gasteiger partial charge in [0.15, 0.2) is 0 Å². The molecule has 1 fully saturated rings. The van der Waals surface area contributed by atoms with Gasteiger partial charge >= 0.3 is 0 Å². The standard InChI is InChI=1S/C17H20N2O2/c20-17(14-8-4-10-18-12-14)19-16(15-9-5-11-21-15)13-6-2-1-3-7-13/h1-3,5-7,9,11,14,16,18H,4,8,10,12H2,(H,19,20)/t14-,16?/m0/s1. The topological polar surface area (TPSA) is 54.3 Å². The molecule has 0 saturated carbocycles. The number of carbonyl (C=O) groups excluding carboxylic acids is 1. The van der Waals surface area contributed by atoms with Crippen LogP contribution in [-0.4, -0.2) is 19.0 Å². The Bertz CT molecular complexity index is 560. The van der Waals surface area contributed by atoms with Crippen molar-refractivity contribution in [3.8, 4) is 0 Å². The van der Waals surface area contributed by atoms with Crippen LogP contribution in [0.15, 0.2) is 53.1 Å². The van der Waals surface area contributed by atoms with Crippen LogP contribution in [0.25, 0.3) is 0 Å². The molecule has 110 valence electrons. The van der Waals surface area contributed by atoms with Gasteiger partial charge in [-0.25, -0.2) is 0 Å². The number of furan rings is 1. The highest BCUT2D eigenvalue weighted by atomic mass is 16.3. The first-order valence-corrected chi connectivity index (χ1v) is 7.44. The van der Waals surface area contributed by atoms with Crippen LogP contribution >= 0.6 is 0 Å². The van der Waals surface area contributed by atoms with Crippen molar-refractivity contribution in [1.82, 2.24) is 10.6 Å². The van der Waals surface area contributed by atoms with Crippen LogP contribution in [0.3, 0.4) is 0 Å². The van der Waals surface area contributed by atoms with Gasteiger partial charge in [-0.05, 0) is 37.1 Å². The van der Waals surface area contributed by atoms with Crippen molar-refractivity contribution in [2.75, 3.05) is 13.1 Å². The number of benzene rings is 1. The zero-order valence-corrected chi connectivity index (χ0v) is 11.9. The lowest BCUT2D eigenvalue weighted by molar-refractivity contribution is -0.126. The van der Waals surface area contributed by atoms with Gasteiger partial charge < -0.3 is 15.1 Å². The summed E-state index contributed by atoms with van der Waals surface area (Å²) in [6.07, 6.45) is 3.63. The molecule has 1 saturated heterocycles. The highest BCUT2D eigenvalue weighted by Crippen LogP contribution is 2.23. The van der Waals surface area contributed by atoms with Crippen LogP contribution in [0.5, 0.6) is 0 Å². The van der Waals surface area contributed by atoms with Gasteiger partial charge in [-0.2, -0.15) is 0 Å². The van der Waals surface area contributed by atoms with Gasteiger partial charge in [-0.1, -0.05) is 30.3 Å². The van der Waals surface area contributed by atoms with Gasteiger partial charge in [-0.3, -0.25) is 4.79 Å². The molecule has 1 aliphatic rings. The number of piperidine rings is 1. The molecule has 2 heterocycles. The summed E-state index contributed by atoms with van der Waals surface area (Å²) >= 11 is 0. The Morgan fingerprint density at radius 2 is 2.10 bits per heavy atom. The fourth-order valence-electron chi connectivity index (χ4n) is 2.76. The van der Waals surface area contributed by atoms with E-state index < -0.39 is 0 Å². The minimum Gasteiger partial charge on any atom is -0.467 e. The number of amides is 1. The van der Waals surface area contributed by atoms with Crippen molar-refractivity contribution in [3.05, 3.63) is 60.1 Å². The van der Waals surface area contributed by atoms with E-state index in [9.17, 15) is 4.79 Å². The van der Waals surface area contributed by atoms with Crippen LogP contribution < -0.4 is 10.6 Å². The zero-order valence-electron chi connectivity index (χ0n) is 11.9. The first-order valence-electron chi connectivity index (χ1n) is 7.44. The maximum Gasteiger partial charge on any atom is 0.225 e. The van der Waals surface area contributed by atoms with E-state index >= 15 is 0 Å². The average molecular weight is 284 g/mol. The van der Waals surface area contributed by atoms with Gasteiger partial charge in [0, 0.05) is 6.54 Å². The van der Waals surface area contributed by atoms with Crippen molar-refractivity contribution in [2.45, 2.75) is 18.9 Å². The molecule has 0 radical (unpaired) electrons. The quantitative estimate of drug-likeness (QED) is 0.907. The van der Waals surface area contributed by atoms with E-state index in [1.165, 1.54) is 0 Å². The summed E-state index contributed by atoms with van der Waals surface area (Å²) in [7, 11) is 0. The largest absolute Gasteiger partial charge is 0.467 e. The average Bonchev–Trinajstić information content (AvgIpc) is 3.08. The molecule has 2 atom stereocenters. The van der Waals surface area contributed by atoms with Crippen molar-refractivity contribution in [3.63, 3.8) is 0 Å². The molecular formula is C17H20N2O2. The lowest BCUT2D eigenvalue weighted by Gasteiger charge is -2.25. The normalized spacial score (nSPS) is 19.9. The lowest BCUT2D eigenvalue weighted by atomic mass is 9.97. The summed E-state index contributed by atoms with van der Waals surface area (Å²) in [5, 5.41) is 6.41. The van der Waals surface area contributed by atoms with Crippen molar-refractivity contribution in [1.29, 1.82) is 0 Å². The Morgan fingerprint density at radius 1 is 1.24 bits per heavy atom. The smallest absolute Gasteiger partial charge is 0.225 e. The zero-order chi connectivity index (χ0) is 14.5. The molecule has 0 bridgehead atoms. The van der Waals surface area contributed by atoms with E-state index in [0.29, 0.717) is 0 Å². The van der Waals surface area contributed by atoms with Gasteiger partial charge in [0.05, 0.1) is 12.2 Å². The number of carbonyl (C=O) groups is 1. The number of hydrogen-bond donors (Lipinski definition) is 2. The lowest BCUT2D eigenvalue weighted by Crippen LogP contribution is -2.42. The minimum atomic E-state index is -0.226. The Hall–Kier alpha value is -2.07. The number of hydrogen-bond acceptors (Lipinski definition) is 3. The summed E-state index contributed by atoms with van der Waals surface area (Å²) in [4.78, 5) is 12.5. The molecule has 4 nitrogen and oxygen atoms in total. The van der Waals surface area contributed by atoms with E-state index in [4.69, 9.17) is 4.42 Å². The third-order valence-electron chi connectivity index (χ3n) is 3.91. The van der Waals surface area contributed by atoms with E-state index in [0.717, 1.165) is 37.3 Å². The Balaban J connectivity index is 1.78. The molecular weight excluding hydrogens is 264 g/mol. The summed E-state index contributed by atoms with van der Waals surface area (Å²) in [5.41, 5.74) is 1.03. The summed E-state index contributed by atoms with van der Waals surface area (Å²) in [6, 6.07) is 13.4. The summed E-state index contributed by atoms with van der Waals surface area (Å²) in [5.74, 6) is 0.894. The van der Waals surface area contributed by atoms with Crippen LogP contribution in [0, 0.1) is 5.92 Å². The summed E-state index contributed by atoms with van der Waals surface area (Å²) in [6.45, 7) is 1.76. The minimum absolute atomic E-state index is 0.0416. The second kappa shape index (κ2) is 6.59. The monoisotopic (exact) mass is 284 g/mol. The fraction of sp³-hybridized carbons (Fsp3) is 0.353. The van der Waals surface area contributed by atoms with Gasteiger partial charge in [0.2, 0.25) is 5.91 Å². The molecule has 0 spiro atoms. The third-order valence-corrected chi connectivity index (χ3v) is 3.91. The van der Waals surface area contributed by atoms with Crippen LogP contribution in [-0.2, 0) is 4.79 Å². The van der Waals surface area contributed by atoms with Crippen molar-refractivity contribution < 1.29 is 9.21 Å². The molecule has 1 aliphatic heterocycles. The number of rotatable bonds is 4. The molecule has 2 N–H and O–H groups in total. The second-order valence-electron chi connectivity index (χ2n) is 5.41. The second-order valence-corrected chi connectivity index (χ2v) is 5.41. The molecule has 21 heavy (non-hydrogen) atoms. The maximum atomic E-state index is 12.5. The van der Waals surface area contributed by atoms with E-state index in [-0.39, 0.29) is 17.9 Å². The molecule has 1 aromatic carbocycles. The highest BCUT2D eigenvalue weighted by molar-refractivity contribution is 5.79. The van der Waals surface area contributed by atoms with Gasteiger partial charge in [-0.15, -0.1) is 0 Å². The fourth-order valence-corrected chi connectivity index (χ4v) is 2.76. The molecule has 0 aliphatic carbocycles. The molecule has 4 heteroatoms.